The fourth-order valence-electron chi connectivity index (χ4n) is 2.78. The molecule has 1 heterocycles. The van der Waals surface area contributed by atoms with Gasteiger partial charge in [0.15, 0.2) is 0 Å². The topological polar surface area (TPSA) is 111 Å². The number of amides is 2. The third kappa shape index (κ3) is 3.14. The fourth-order valence-corrected chi connectivity index (χ4v) is 2.78. The van der Waals surface area contributed by atoms with Gasteiger partial charge in [0.05, 0.1) is 18.2 Å². The Labute approximate surface area is 149 Å². The number of hydrogen-bond donors (Lipinski definition) is 3. The van der Waals surface area contributed by atoms with Crippen LogP contribution in [0.15, 0.2) is 48.2 Å². The van der Waals surface area contributed by atoms with E-state index in [9.17, 15) is 14.4 Å². The Hall–Kier alpha value is -3.61. The number of carbonyl (C=O) groups excluding carboxylic acids is 3. The molecule has 0 spiro atoms. The molecule has 7 heteroatoms. The molecule has 0 saturated heterocycles. The number of ether oxygens (including phenoxy) is 1. The Morgan fingerprint density at radius 2 is 1.73 bits per heavy atom. The Bertz CT molecular complexity index is 946. The quantitative estimate of drug-likeness (QED) is 0.578. The second kappa shape index (κ2) is 6.72. The van der Waals surface area contributed by atoms with Crippen LogP contribution in [0.25, 0.3) is 5.57 Å². The molecule has 0 radical (unpaired) electrons. The van der Waals surface area contributed by atoms with Crippen LogP contribution in [-0.4, -0.2) is 24.9 Å². The van der Waals surface area contributed by atoms with Gasteiger partial charge < -0.3 is 21.1 Å². The summed E-state index contributed by atoms with van der Waals surface area (Å²) in [6.07, 6.45) is 0. The minimum atomic E-state index is -0.556. The highest BCUT2D eigenvalue weighted by Crippen LogP contribution is 2.34. The number of allylic oxidation sites excluding steroid dienone is 1. The summed E-state index contributed by atoms with van der Waals surface area (Å²) >= 11 is 0. The van der Waals surface area contributed by atoms with Crippen molar-refractivity contribution in [3.63, 3.8) is 0 Å². The maximum Gasteiger partial charge on any atom is 0.337 e. The fraction of sp³-hybridized carbons (Fsp3) is 0.105. The molecule has 0 aliphatic carbocycles. The van der Waals surface area contributed by atoms with Crippen LogP contribution in [0.3, 0.4) is 0 Å². The number of fused-ring (bicyclic) bond motifs is 1. The van der Waals surface area contributed by atoms with E-state index in [1.807, 2.05) is 0 Å². The monoisotopic (exact) mass is 351 g/mol. The summed E-state index contributed by atoms with van der Waals surface area (Å²) in [7, 11) is 1.32. The van der Waals surface area contributed by atoms with Crippen molar-refractivity contribution >= 4 is 34.7 Å². The average molecular weight is 351 g/mol. The molecule has 1 aliphatic heterocycles. The molecule has 3 rings (SSSR count). The van der Waals surface area contributed by atoms with Gasteiger partial charge in [0.1, 0.15) is 0 Å². The van der Waals surface area contributed by atoms with Crippen LogP contribution < -0.4 is 16.4 Å². The lowest BCUT2D eigenvalue weighted by Crippen LogP contribution is -2.11. The average Bonchev–Trinajstić information content (AvgIpc) is 2.96. The lowest BCUT2D eigenvalue weighted by atomic mass is 10.0. The highest BCUT2D eigenvalue weighted by atomic mass is 16.5. The van der Waals surface area contributed by atoms with Crippen LogP contribution in [0.4, 0.5) is 11.4 Å². The number of carbonyl (C=O) groups is 3. The summed E-state index contributed by atoms with van der Waals surface area (Å²) in [5, 5.41) is 5.89. The van der Waals surface area contributed by atoms with Gasteiger partial charge >= 0.3 is 5.97 Å². The lowest BCUT2D eigenvalue weighted by molar-refractivity contribution is -0.110. The molecular weight excluding hydrogens is 334 g/mol. The largest absolute Gasteiger partial charge is 0.465 e. The van der Waals surface area contributed by atoms with Gasteiger partial charge in [0.2, 0.25) is 5.91 Å². The number of anilines is 2. The molecule has 2 aromatic carbocycles. The predicted molar refractivity (Wildman–Crippen MR) is 97.6 cm³/mol. The first-order valence-electron chi connectivity index (χ1n) is 7.82. The van der Waals surface area contributed by atoms with Gasteiger partial charge in [-0.1, -0.05) is 6.07 Å². The van der Waals surface area contributed by atoms with Crippen LogP contribution in [0, 0.1) is 0 Å². The zero-order chi connectivity index (χ0) is 18.8. The molecule has 0 saturated carbocycles. The molecule has 2 aromatic rings. The number of rotatable bonds is 4. The molecule has 2 amide bonds. The molecule has 132 valence electrons. The van der Waals surface area contributed by atoms with Crippen LogP contribution in [0.5, 0.6) is 0 Å². The van der Waals surface area contributed by atoms with Crippen molar-refractivity contribution in [3.05, 3.63) is 64.9 Å². The first kappa shape index (κ1) is 17.2. The van der Waals surface area contributed by atoms with E-state index >= 15 is 0 Å². The second-order valence-corrected chi connectivity index (χ2v) is 5.77. The zero-order valence-electron chi connectivity index (χ0n) is 14.3. The number of primary amides is 1. The number of esters is 1. The van der Waals surface area contributed by atoms with Crippen LogP contribution in [0.1, 0.15) is 33.2 Å². The highest BCUT2D eigenvalue weighted by Gasteiger charge is 2.27. The number of nitrogens with one attached hydrogen (secondary N) is 2. The molecule has 7 nitrogen and oxygen atoms in total. The molecule has 0 unspecified atom stereocenters. The molecule has 1 aliphatic rings. The Balaban J connectivity index is 1.90. The van der Waals surface area contributed by atoms with Gasteiger partial charge in [0.25, 0.3) is 5.91 Å². The van der Waals surface area contributed by atoms with Crippen molar-refractivity contribution in [1.82, 2.24) is 0 Å². The molecular formula is C19H17N3O4. The summed E-state index contributed by atoms with van der Waals surface area (Å²) in [6, 6.07) is 11.5. The summed E-state index contributed by atoms with van der Waals surface area (Å²) < 4.78 is 4.66. The summed E-state index contributed by atoms with van der Waals surface area (Å²) in [4.78, 5) is 35.1. The van der Waals surface area contributed by atoms with Gasteiger partial charge in [-0.15, -0.1) is 0 Å². The maximum absolute atomic E-state index is 12.3. The smallest absolute Gasteiger partial charge is 0.337 e. The third-order valence-electron chi connectivity index (χ3n) is 4.06. The second-order valence-electron chi connectivity index (χ2n) is 5.77. The van der Waals surface area contributed by atoms with Crippen molar-refractivity contribution in [2.75, 3.05) is 17.7 Å². The molecule has 0 fully saturated rings. The van der Waals surface area contributed by atoms with E-state index in [0.717, 1.165) is 5.69 Å². The van der Waals surface area contributed by atoms with E-state index in [1.54, 1.807) is 49.4 Å². The van der Waals surface area contributed by atoms with E-state index in [2.05, 4.69) is 15.4 Å². The number of methoxy groups -OCH3 is 1. The summed E-state index contributed by atoms with van der Waals surface area (Å²) in [5.41, 5.74) is 9.11. The van der Waals surface area contributed by atoms with Crippen LogP contribution >= 0.6 is 0 Å². The van der Waals surface area contributed by atoms with Crippen molar-refractivity contribution in [2.45, 2.75) is 6.92 Å². The third-order valence-corrected chi connectivity index (χ3v) is 4.06. The first-order chi connectivity index (χ1) is 12.4. The Morgan fingerprint density at radius 3 is 2.35 bits per heavy atom. The number of hydrogen-bond acceptors (Lipinski definition) is 5. The minimum absolute atomic E-state index is 0.266. The minimum Gasteiger partial charge on any atom is -0.465 e. The SMILES string of the molecule is COC(=O)c1ccc(N/C(C)=C2\C(=O)Nc3cc(C(N)=O)ccc32)cc1. The Kier molecular flexibility index (Phi) is 4.45. The summed E-state index contributed by atoms with van der Waals surface area (Å²) in [6.45, 7) is 1.78. The molecule has 26 heavy (non-hydrogen) atoms. The zero-order valence-corrected chi connectivity index (χ0v) is 14.3. The molecule has 0 atom stereocenters. The predicted octanol–water partition coefficient (Wildman–Crippen LogP) is 2.37. The highest BCUT2D eigenvalue weighted by molar-refractivity contribution is 6.32. The van der Waals surface area contributed by atoms with Gasteiger partial charge in [-0.05, 0) is 43.3 Å². The Morgan fingerprint density at radius 1 is 1.08 bits per heavy atom. The number of nitrogens with two attached hydrogens (primary N) is 1. The van der Waals surface area contributed by atoms with E-state index in [0.29, 0.717) is 33.6 Å². The lowest BCUT2D eigenvalue weighted by Gasteiger charge is -2.10. The van der Waals surface area contributed by atoms with E-state index in [-0.39, 0.29) is 5.91 Å². The van der Waals surface area contributed by atoms with Gasteiger partial charge in [-0.2, -0.15) is 0 Å². The molecule has 0 bridgehead atoms. The van der Waals surface area contributed by atoms with E-state index in [1.165, 1.54) is 7.11 Å². The number of benzene rings is 2. The van der Waals surface area contributed by atoms with Crippen molar-refractivity contribution in [3.8, 4) is 0 Å². The van der Waals surface area contributed by atoms with Crippen LogP contribution in [-0.2, 0) is 9.53 Å². The van der Waals surface area contributed by atoms with E-state index in [4.69, 9.17) is 5.73 Å². The van der Waals surface area contributed by atoms with Crippen molar-refractivity contribution in [2.24, 2.45) is 5.73 Å². The first-order valence-corrected chi connectivity index (χ1v) is 7.82. The van der Waals surface area contributed by atoms with Crippen LogP contribution in [0.2, 0.25) is 0 Å². The summed E-state index contributed by atoms with van der Waals surface area (Å²) in [5.74, 6) is -1.24. The molecule has 4 N–H and O–H groups in total. The van der Waals surface area contributed by atoms with Crippen molar-refractivity contribution < 1.29 is 19.1 Å². The van der Waals surface area contributed by atoms with E-state index < -0.39 is 11.9 Å². The maximum atomic E-state index is 12.3. The standard InChI is InChI=1S/C19H17N3O4/c1-10(21-13-6-3-11(4-7-13)19(25)26-2)16-14-8-5-12(17(20)23)9-15(14)22-18(16)24/h3-9,21H,1-2H3,(H2,20,23)(H,22,24)/b16-10-. The molecule has 0 aromatic heterocycles. The van der Waals surface area contributed by atoms with Gasteiger partial charge in [-0.3, -0.25) is 9.59 Å². The van der Waals surface area contributed by atoms with Gasteiger partial charge in [0, 0.05) is 28.2 Å². The normalized spacial score (nSPS) is 14.3. The van der Waals surface area contributed by atoms with Gasteiger partial charge in [-0.25, -0.2) is 4.79 Å². The van der Waals surface area contributed by atoms with Crippen molar-refractivity contribution in [1.29, 1.82) is 0 Å².